The topological polar surface area (TPSA) is 59.4 Å². The van der Waals surface area contributed by atoms with Crippen LogP contribution in [0, 0.1) is 3.57 Å². The smallest absolute Gasteiger partial charge is 0.476 e. The molecule has 94 valence electrons. The van der Waals surface area contributed by atoms with E-state index >= 15 is 0 Å². The van der Waals surface area contributed by atoms with Gasteiger partial charge in [-0.2, -0.15) is 0 Å². The number of rotatable bonds is 3. The van der Waals surface area contributed by atoms with Gasteiger partial charge in [0.1, 0.15) is 0 Å². The lowest BCUT2D eigenvalue weighted by Gasteiger charge is -2.13. The molecule has 0 amide bonds. The van der Waals surface area contributed by atoms with Gasteiger partial charge in [-0.15, -0.1) is 24.8 Å². The molecule has 1 rings (SSSR count). The van der Waals surface area contributed by atoms with Crippen LogP contribution in [-0.4, -0.2) is 22.4 Å². The summed E-state index contributed by atoms with van der Waals surface area (Å²) in [5, 5.41) is 8.70. The molecule has 0 aromatic carbocycles. The van der Waals surface area contributed by atoms with E-state index in [4.69, 9.17) is 16.7 Å². The van der Waals surface area contributed by atoms with Crippen molar-refractivity contribution in [1.82, 2.24) is 4.98 Å². The number of alkyl halides is 4. The molecule has 4 nitrogen and oxygen atoms in total. The lowest BCUT2D eigenvalue weighted by molar-refractivity contribution is -0.275. The van der Waals surface area contributed by atoms with Crippen molar-refractivity contribution in [3.05, 3.63) is 21.0 Å². The van der Waals surface area contributed by atoms with Crippen LogP contribution < -0.4 is 4.74 Å². The van der Waals surface area contributed by atoms with Gasteiger partial charge in [-0.3, -0.25) is 0 Å². The Morgan fingerprint density at radius 2 is 2.18 bits per heavy atom. The summed E-state index contributed by atoms with van der Waals surface area (Å²) in [6, 6.07) is 0. The SMILES string of the molecule is O=C(O)c1ncc(CCl)c(I)c1OC(F)(F)F. The van der Waals surface area contributed by atoms with Crippen LogP contribution in [-0.2, 0) is 5.88 Å². The minimum atomic E-state index is -4.99. The first-order valence-electron chi connectivity index (χ1n) is 3.98. The highest BCUT2D eigenvalue weighted by Gasteiger charge is 2.35. The Balaban J connectivity index is 3.35. The highest BCUT2D eigenvalue weighted by atomic mass is 127. The molecular weight excluding hydrogens is 377 g/mol. The molecule has 0 fully saturated rings. The Morgan fingerprint density at radius 1 is 1.59 bits per heavy atom. The number of aromatic carboxylic acids is 1. The van der Waals surface area contributed by atoms with Gasteiger partial charge in [0.25, 0.3) is 0 Å². The van der Waals surface area contributed by atoms with Crippen LogP contribution in [0.3, 0.4) is 0 Å². The molecule has 0 saturated carbocycles. The molecule has 9 heteroatoms. The molecular formula is C8H4ClF3INO3. The number of halogens is 5. The Kier molecular flexibility index (Phi) is 4.42. The summed E-state index contributed by atoms with van der Waals surface area (Å²) >= 11 is 7.01. The van der Waals surface area contributed by atoms with Crippen molar-refractivity contribution in [2.24, 2.45) is 0 Å². The predicted octanol–water partition coefficient (Wildman–Crippen LogP) is 3.02. The van der Waals surface area contributed by atoms with E-state index in [9.17, 15) is 18.0 Å². The summed E-state index contributed by atoms with van der Waals surface area (Å²) in [5.41, 5.74) is -0.544. The van der Waals surface area contributed by atoms with Gasteiger partial charge in [-0.1, -0.05) is 0 Å². The lowest BCUT2D eigenvalue weighted by Crippen LogP contribution is -2.21. The van der Waals surface area contributed by atoms with E-state index in [-0.39, 0.29) is 15.0 Å². The Labute approximate surface area is 112 Å². The number of hydrogen-bond donors (Lipinski definition) is 1. The van der Waals surface area contributed by atoms with E-state index in [1.165, 1.54) is 22.6 Å². The van der Waals surface area contributed by atoms with Crippen molar-refractivity contribution in [3.63, 3.8) is 0 Å². The van der Waals surface area contributed by atoms with Crippen molar-refractivity contribution >= 4 is 40.2 Å². The third-order valence-corrected chi connectivity index (χ3v) is 3.08. The first-order valence-corrected chi connectivity index (χ1v) is 5.60. The minimum Gasteiger partial charge on any atom is -0.476 e. The number of carbonyl (C=O) groups is 1. The molecule has 0 atom stereocenters. The number of carboxylic acid groups (broad SMARTS) is 1. The van der Waals surface area contributed by atoms with E-state index in [0.717, 1.165) is 6.20 Å². The van der Waals surface area contributed by atoms with Gasteiger partial charge < -0.3 is 9.84 Å². The van der Waals surface area contributed by atoms with Gasteiger partial charge in [0.2, 0.25) is 0 Å². The number of carboxylic acids is 1. The summed E-state index contributed by atoms with van der Waals surface area (Å²) in [4.78, 5) is 14.1. The van der Waals surface area contributed by atoms with E-state index in [0.29, 0.717) is 0 Å². The molecule has 0 saturated heterocycles. The molecule has 1 N–H and O–H groups in total. The second-order valence-electron chi connectivity index (χ2n) is 2.76. The summed E-state index contributed by atoms with van der Waals surface area (Å²) in [6.45, 7) is 0. The maximum atomic E-state index is 12.1. The zero-order valence-electron chi connectivity index (χ0n) is 7.89. The average Bonchev–Trinajstić information content (AvgIpc) is 2.18. The van der Waals surface area contributed by atoms with Crippen LogP contribution in [0.2, 0.25) is 0 Å². The van der Waals surface area contributed by atoms with Crippen LogP contribution in [0.1, 0.15) is 16.1 Å². The molecule has 17 heavy (non-hydrogen) atoms. The number of pyridine rings is 1. The normalized spacial score (nSPS) is 11.4. The van der Waals surface area contributed by atoms with Crippen molar-refractivity contribution in [2.75, 3.05) is 0 Å². The minimum absolute atomic E-state index is 0.0256. The quantitative estimate of drug-likeness (QED) is 0.646. The second kappa shape index (κ2) is 5.25. The number of nitrogens with zero attached hydrogens (tertiary/aromatic N) is 1. The van der Waals surface area contributed by atoms with Crippen molar-refractivity contribution in [2.45, 2.75) is 12.2 Å². The van der Waals surface area contributed by atoms with Gasteiger partial charge in [-0.25, -0.2) is 9.78 Å². The summed E-state index contributed by atoms with van der Waals surface area (Å²) in [5.74, 6) is -2.55. The fraction of sp³-hybridized carbons (Fsp3) is 0.250. The zero-order chi connectivity index (χ0) is 13.2. The fourth-order valence-electron chi connectivity index (χ4n) is 0.962. The standard InChI is InChI=1S/C8H4ClF3INO3/c9-1-3-2-14-5(7(15)16)6(4(3)13)17-8(10,11)12/h2H,1H2,(H,15,16). The predicted molar refractivity (Wildman–Crippen MR) is 60.2 cm³/mol. The number of aromatic nitrogens is 1. The molecule has 0 aliphatic heterocycles. The van der Waals surface area contributed by atoms with Gasteiger partial charge in [0.05, 0.1) is 9.45 Å². The first-order chi connectivity index (χ1) is 7.76. The summed E-state index contributed by atoms with van der Waals surface area (Å²) in [6.07, 6.45) is -3.89. The lowest BCUT2D eigenvalue weighted by atomic mass is 10.2. The highest BCUT2D eigenvalue weighted by Crippen LogP contribution is 2.32. The average molecular weight is 381 g/mol. The highest BCUT2D eigenvalue weighted by molar-refractivity contribution is 14.1. The largest absolute Gasteiger partial charge is 0.573 e. The van der Waals surface area contributed by atoms with Gasteiger partial charge in [0.15, 0.2) is 11.4 Å². The maximum Gasteiger partial charge on any atom is 0.573 e. The van der Waals surface area contributed by atoms with E-state index in [2.05, 4.69) is 9.72 Å². The number of hydrogen-bond acceptors (Lipinski definition) is 3. The molecule has 0 radical (unpaired) electrons. The Morgan fingerprint density at radius 3 is 2.59 bits per heavy atom. The van der Waals surface area contributed by atoms with Gasteiger partial charge in [-0.05, 0) is 22.6 Å². The van der Waals surface area contributed by atoms with Crippen molar-refractivity contribution in [1.29, 1.82) is 0 Å². The molecule has 1 heterocycles. The van der Waals surface area contributed by atoms with Crippen LogP contribution in [0.4, 0.5) is 13.2 Å². The first kappa shape index (κ1) is 14.3. The number of ether oxygens (including phenoxy) is 1. The van der Waals surface area contributed by atoms with Crippen LogP contribution in [0.25, 0.3) is 0 Å². The van der Waals surface area contributed by atoms with Crippen molar-refractivity contribution in [3.8, 4) is 5.75 Å². The molecule has 0 aliphatic rings. The van der Waals surface area contributed by atoms with Crippen molar-refractivity contribution < 1.29 is 27.8 Å². The molecule has 1 aromatic heterocycles. The third kappa shape index (κ3) is 3.60. The molecule has 0 spiro atoms. The second-order valence-corrected chi connectivity index (χ2v) is 4.11. The van der Waals surface area contributed by atoms with Gasteiger partial charge >= 0.3 is 12.3 Å². The van der Waals surface area contributed by atoms with Crippen LogP contribution in [0.15, 0.2) is 6.20 Å². The zero-order valence-corrected chi connectivity index (χ0v) is 10.8. The maximum absolute atomic E-state index is 12.1. The molecule has 0 unspecified atom stereocenters. The molecule has 0 bridgehead atoms. The summed E-state index contributed by atoms with van der Waals surface area (Å²) in [7, 11) is 0. The van der Waals surface area contributed by atoms with E-state index < -0.39 is 23.8 Å². The molecule has 0 aliphatic carbocycles. The Bertz CT molecular complexity index is 452. The van der Waals surface area contributed by atoms with Crippen LogP contribution >= 0.6 is 34.2 Å². The third-order valence-electron chi connectivity index (χ3n) is 1.61. The van der Waals surface area contributed by atoms with Crippen LogP contribution in [0.5, 0.6) is 5.75 Å². The monoisotopic (exact) mass is 381 g/mol. The Hall–Kier alpha value is -0.770. The molecule has 1 aromatic rings. The van der Waals surface area contributed by atoms with E-state index in [1.54, 1.807) is 0 Å². The van der Waals surface area contributed by atoms with E-state index in [1.807, 2.05) is 0 Å². The summed E-state index contributed by atoms with van der Waals surface area (Å²) < 4.78 is 40.0. The fourth-order valence-corrected chi connectivity index (χ4v) is 2.09. The van der Waals surface area contributed by atoms with Gasteiger partial charge in [0, 0.05) is 11.8 Å².